The average molecular weight is 909 g/mol. The van der Waals surface area contributed by atoms with Crippen molar-refractivity contribution in [3.05, 3.63) is 145 Å². The van der Waals surface area contributed by atoms with Crippen LogP contribution in [0.25, 0.3) is 50.2 Å². The van der Waals surface area contributed by atoms with E-state index < -0.39 is 18.2 Å². The van der Waals surface area contributed by atoms with Gasteiger partial charge in [0.1, 0.15) is 5.82 Å². The molecule has 0 bridgehead atoms. The minimum atomic E-state index is -1.60. The van der Waals surface area contributed by atoms with Crippen molar-refractivity contribution in [3.8, 4) is 28.8 Å². The van der Waals surface area contributed by atoms with Gasteiger partial charge >= 0.3 is 0 Å². The van der Waals surface area contributed by atoms with E-state index in [1.165, 1.54) is 0 Å². The first-order valence-electron chi connectivity index (χ1n) is 20.4. The molecule has 0 radical (unpaired) electrons. The number of benzene rings is 4. The molecular weight excluding hydrogens is 858 g/mol. The van der Waals surface area contributed by atoms with Crippen LogP contribution in [-0.2, 0) is 39.2 Å². The molecule has 0 unspecified atom stereocenters. The second-order valence-electron chi connectivity index (χ2n) is 16.1. The summed E-state index contributed by atoms with van der Waals surface area (Å²) in [6.45, 7) is 16.0. The Morgan fingerprint density at radius 3 is 2.33 bits per heavy atom. The van der Waals surface area contributed by atoms with Gasteiger partial charge in [0.15, 0.2) is 0 Å². The molecule has 0 fully saturated rings. The molecule has 0 saturated heterocycles. The van der Waals surface area contributed by atoms with Crippen molar-refractivity contribution in [3.63, 3.8) is 0 Å². The standard InChI is InChI=1S/C48H47N5O.Pt/c1-32(2)24-33-12-11-13-36(25-33)51-31-52(44-27-35(48(6,7)8)16-19-42(44)51)45-29-38(21-23-49-45)54-37-17-18-40-39-14-9-10-15-41(39)53(43(40)28-37)46-26-34(20-22-50-46)30-47(3,4)5;/h9-23,25-27,32H,24,30H2,1-8H3;/q-2;/i24D2,30D2;. The van der Waals surface area contributed by atoms with E-state index in [4.69, 9.17) is 20.2 Å². The normalized spacial score (nSPS) is 13.8. The predicted molar refractivity (Wildman–Crippen MR) is 218 cm³/mol. The summed E-state index contributed by atoms with van der Waals surface area (Å²) in [6, 6.07) is 38.1. The second-order valence-corrected chi connectivity index (χ2v) is 16.1. The third-order valence-electron chi connectivity index (χ3n) is 9.22. The molecule has 55 heavy (non-hydrogen) atoms. The molecule has 282 valence electrons. The van der Waals surface area contributed by atoms with Gasteiger partial charge in [0.25, 0.3) is 6.33 Å². The van der Waals surface area contributed by atoms with Crippen LogP contribution in [0.5, 0.6) is 11.5 Å². The zero-order valence-electron chi connectivity index (χ0n) is 36.4. The Labute approximate surface area is 344 Å². The smallest absolute Gasteiger partial charge is 0.269 e. The predicted octanol–water partition coefficient (Wildman–Crippen LogP) is 11.1. The number of hydrogen-bond acceptors (Lipinski definition) is 3. The van der Waals surface area contributed by atoms with Crippen LogP contribution in [0, 0.1) is 29.8 Å². The molecule has 6 nitrogen and oxygen atoms in total. The number of imidazole rings is 1. The van der Waals surface area contributed by atoms with Gasteiger partial charge in [0.2, 0.25) is 0 Å². The summed E-state index contributed by atoms with van der Waals surface area (Å²) in [6.07, 6.45) is 3.75. The fraction of sp³-hybridized carbons (Fsp3) is 0.271. The van der Waals surface area contributed by atoms with E-state index in [2.05, 4.69) is 63.5 Å². The van der Waals surface area contributed by atoms with E-state index >= 15 is 0 Å². The van der Waals surface area contributed by atoms with Crippen LogP contribution in [0.2, 0.25) is 0 Å². The minimum absolute atomic E-state index is 0. The molecule has 0 aliphatic heterocycles. The van der Waals surface area contributed by atoms with E-state index in [1.54, 1.807) is 24.5 Å². The molecule has 0 atom stereocenters. The van der Waals surface area contributed by atoms with Gasteiger partial charge in [-0.2, -0.15) is 18.2 Å². The summed E-state index contributed by atoms with van der Waals surface area (Å²) >= 11 is 0. The van der Waals surface area contributed by atoms with Crippen molar-refractivity contribution < 1.29 is 35.9 Å². The fourth-order valence-corrected chi connectivity index (χ4v) is 6.87. The number of para-hydroxylation sites is 1. The number of aromatic nitrogens is 5. The van der Waals surface area contributed by atoms with Gasteiger partial charge in [-0.15, -0.1) is 17.5 Å². The summed E-state index contributed by atoms with van der Waals surface area (Å²) in [5.74, 6) is 1.76. The molecule has 4 aromatic heterocycles. The molecule has 0 amide bonds. The quantitative estimate of drug-likeness (QED) is 0.113. The first-order valence-corrected chi connectivity index (χ1v) is 18.4. The van der Waals surface area contributed by atoms with E-state index in [9.17, 15) is 0 Å². The summed E-state index contributed by atoms with van der Waals surface area (Å²) in [7, 11) is 0. The van der Waals surface area contributed by atoms with E-state index in [0.717, 1.165) is 44.1 Å². The Morgan fingerprint density at radius 1 is 0.764 bits per heavy atom. The van der Waals surface area contributed by atoms with Crippen LogP contribution in [-0.4, -0.2) is 19.1 Å². The van der Waals surface area contributed by atoms with Crippen LogP contribution in [0.15, 0.2) is 109 Å². The Bertz CT molecular complexity index is 2850. The Hall–Kier alpha value is -5.06. The van der Waals surface area contributed by atoms with Crippen LogP contribution in [0.3, 0.4) is 0 Å². The molecule has 8 aromatic rings. The van der Waals surface area contributed by atoms with E-state index in [1.807, 2.05) is 109 Å². The summed E-state index contributed by atoms with van der Waals surface area (Å²) in [5.41, 5.74) is 5.77. The molecule has 0 aliphatic rings. The average Bonchev–Trinajstić information content (AvgIpc) is 3.73. The van der Waals surface area contributed by atoms with Crippen molar-refractivity contribution in [1.82, 2.24) is 19.1 Å². The Kier molecular flexibility index (Phi) is 9.01. The Balaban J connectivity index is 0.00000528. The summed E-state index contributed by atoms with van der Waals surface area (Å²) < 4.78 is 47.8. The molecule has 8 rings (SSSR count). The number of ether oxygens (including phenoxy) is 1. The molecule has 0 saturated carbocycles. The zero-order chi connectivity index (χ0) is 41.4. The van der Waals surface area contributed by atoms with E-state index in [0.29, 0.717) is 34.3 Å². The largest absolute Gasteiger partial charge is 0.522 e. The number of pyridine rings is 2. The molecule has 4 aromatic carbocycles. The maximum atomic E-state index is 8.95. The first-order chi connectivity index (χ1) is 27.3. The summed E-state index contributed by atoms with van der Waals surface area (Å²) in [4.78, 5) is 9.45. The molecule has 0 aliphatic carbocycles. The minimum Gasteiger partial charge on any atom is -0.522 e. The van der Waals surface area contributed by atoms with Gasteiger partial charge in [0, 0.05) is 44.0 Å². The molecule has 4 heterocycles. The van der Waals surface area contributed by atoms with Crippen LogP contribution < -0.4 is 9.30 Å². The van der Waals surface area contributed by atoms with Crippen molar-refractivity contribution in [2.24, 2.45) is 11.3 Å². The van der Waals surface area contributed by atoms with Crippen LogP contribution in [0.1, 0.15) is 77.6 Å². The van der Waals surface area contributed by atoms with Gasteiger partial charge in [0.05, 0.1) is 22.5 Å². The number of nitrogens with zero attached hydrogens (tertiary/aromatic N) is 5. The molecule has 0 N–H and O–H groups in total. The maximum Gasteiger partial charge on any atom is 0.269 e. The fourth-order valence-electron chi connectivity index (χ4n) is 6.87. The van der Waals surface area contributed by atoms with Gasteiger partial charge < -0.3 is 9.30 Å². The topological polar surface area (TPSA) is 48.8 Å². The van der Waals surface area contributed by atoms with Crippen molar-refractivity contribution in [2.45, 2.75) is 73.6 Å². The third-order valence-corrected chi connectivity index (χ3v) is 9.22. The maximum absolute atomic E-state index is 8.95. The number of rotatable bonds is 8. The SMILES string of the molecule is [2H]C([2H])(c1cccc(-[n+]2[c-]n(-c3[c-]c(Oc4[c-]c5c(cc4)c4ccccc4n5-c4cc(C([2H])([2H])C(C)(C)C)ccn4)ccn3)c3cc(C(C)(C)C)ccc32)c1)C(C)C.[Pt]. The zero-order valence-corrected chi connectivity index (χ0v) is 34.7. The number of fused-ring (bicyclic) bond motifs is 4. The first kappa shape index (κ1) is 33.3. The van der Waals surface area contributed by atoms with Crippen molar-refractivity contribution >= 4 is 32.8 Å². The molecular formula is C48H47N5OPt-2. The van der Waals surface area contributed by atoms with Crippen molar-refractivity contribution in [1.29, 1.82) is 0 Å². The van der Waals surface area contributed by atoms with E-state index in [-0.39, 0.29) is 32.4 Å². The van der Waals surface area contributed by atoms with Crippen LogP contribution in [0.4, 0.5) is 0 Å². The summed E-state index contributed by atoms with van der Waals surface area (Å²) in [5, 5.41) is 1.99. The van der Waals surface area contributed by atoms with Gasteiger partial charge in [-0.1, -0.05) is 115 Å². The Morgan fingerprint density at radius 2 is 1.55 bits per heavy atom. The van der Waals surface area contributed by atoms with Crippen molar-refractivity contribution in [2.75, 3.05) is 0 Å². The third kappa shape index (κ3) is 7.88. The molecule has 0 spiro atoms. The number of hydrogen-bond donors (Lipinski definition) is 0. The molecule has 7 heteroatoms. The van der Waals surface area contributed by atoms with Gasteiger partial charge in [-0.3, -0.25) is 14.1 Å². The van der Waals surface area contributed by atoms with Crippen LogP contribution >= 0.6 is 0 Å². The van der Waals surface area contributed by atoms with Gasteiger partial charge in [-0.25, -0.2) is 4.98 Å². The monoisotopic (exact) mass is 908 g/mol. The van der Waals surface area contributed by atoms with Gasteiger partial charge in [-0.05, 0) is 88.2 Å². The second kappa shape index (κ2) is 14.9.